The molecule has 1 aliphatic heterocycles. The maximum Gasteiger partial charge on any atom is 0.252 e. The Morgan fingerprint density at radius 3 is 3.10 bits per heavy atom. The molecule has 2 heterocycles. The highest BCUT2D eigenvalue weighted by Gasteiger charge is 2.34. The molecule has 0 spiro atoms. The molecule has 2 aliphatic rings. The normalized spacial score (nSPS) is 22.4. The molecule has 3 rings (SSSR count). The fourth-order valence-corrected chi connectivity index (χ4v) is 3.35. The van der Waals surface area contributed by atoms with Crippen LogP contribution in [0.3, 0.4) is 0 Å². The van der Waals surface area contributed by atoms with Crippen molar-refractivity contribution in [2.24, 2.45) is 0 Å². The lowest BCUT2D eigenvalue weighted by atomic mass is 10.2. The molecule has 2 fully saturated rings. The van der Waals surface area contributed by atoms with Crippen molar-refractivity contribution in [1.29, 1.82) is 0 Å². The van der Waals surface area contributed by atoms with Crippen LogP contribution in [0.15, 0.2) is 11.4 Å². The highest BCUT2D eigenvalue weighted by Crippen LogP contribution is 2.29. The van der Waals surface area contributed by atoms with Gasteiger partial charge >= 0.3 is 0 Å². The number of nitrogens with one attached hydrogen (secondary N) is 1. The molecule has 1 saturated carbocycles. The molecule has 1 unspecified atom stereocenters. The molecule has 1 aromatic rings. The Bertz CT molecular complexity index is 554. The minimum absolute atomic E-state index is 0.0130. The summed E-state index contributed by atoms with van der Waals surface area (Å²) in [5.41, 5.74) is 0.669. The van der Waals surface area contributed by atoms with Crippen LogP contribution in [-0.2, 0) is 0 Å². The number of carbonyl (C=O) groups is 1. The third kappa shape index (κ3) is 3.21. The first kappa shape index (κ1) is 13.6. The minimum Gasteiger partial charge on any atom is -0.384 e. The highest BCUT2D eigenvalue weighted by molar-refractivity contribution is 7.10. The van der Waals surface area contributed by atoms with Gasteiger partial charge in [-0.05, 0) is 25.3 Å². The number of aliphatic hydroxyl groups excluding tert-OH is 1. The summed E-state index contributed by atoms with van der Waals surface area (Å²) in [5, 5.41) is 13.6. The van der Waals surface area contributed by atoms with E-state index in [0.717, 1.165) is 30.4 Å². The number of carbonyl (C=O) groups excluding carboxylic acids is 1. The van der Waals surface area contributed by atoms with Gasteiger partial charge in [-0.3, -0.25) is 9.69 Å². The lowest BCUT2D eigenvalue weighted by Crippen LogP contribution is -2.37. The van der Waals surface area contributed by atoms with Crippen molar-refractivity contribution in [3.8, 4) is 11.8 Å². The molecule has 4 nitrogen and oxygen atoms in total. The molecule has 5 heteroatoms. The van der Waals surface area contributed by atoms with Gasteiger partial charge < -0.3 is 10.4 Å². The van der Waals surface area contributed by atoms with Gasteiger partial charge in [0, 0.05) is 30.6 Å². The number of thiophene rings is 1. The molecule has 0 aromatic carbocycles. The van der Waals surface area contributed by atoms with Crippen molar-refractivity contribution in [2.75, 3.05) is 19.7 Å². The van der Waals surface area contributed by atoms with Gasteiger partial charge in [0.05, 0.1) is 10.4 Å². The van der Waals surface area contributed by atoms with Crippen molar-refractivity contribution in [1.82, 2.24) is 10.2 Å². The first-order valence-electron chi connectivity index (χ1n) is 6.99. The second-order valence-corrected chi connectivity index (χ2v) is 6.26. The van der Waals surface area contributed by atoms with Crippen LogP contribution < -0.4 is 5.32 Å². The number of likely N-dealkylation sites (tertiary alicyclic amines) is 1. The van der Waals surface area contributed by atoms with Gasteiger partial charge in [-0.1, -0.05) is 11.8 Å². The fourth-order valence-electron chi connectivity index (χ4n) is 2.59. The second-order valence-electron chi connectivity index (χ2n) is 5.34. The van der Waals surface area contributed by atoms with E-state index in [-0.39, 0.29) is 18.6 Å². The summed E-state index contributed by atoms with van der Waals surface area (Å²) in [6.45, 7) is 1.93. The lowest BCUT2D eigenvalue weighted by molar-refractivity contribution is 0.0938. The molecule has 106 valence electrons. The van der Waals surface area contributed by atoms with Gasteiger partial charge in [0.15, 0.2) is 0 Å². The fraction of sp³-hybridized carbons (Fsp3) is 0.533. The minimum atomic E-state index is -0.154. The standard InChI is InChI=1S/C15H18N2O2S/c18-7-1-2-14-8-11(10-20-14)15(19)16-12-5-6-17(9-12)13-3-4-13/h8,10,12-13,18H,3-7,9H2,(H,16,19). The zero-order chi connectivity index (χ0) is 13.9. The molecule has 1 amide bonds. The molecule has 2 N–H and O–H groups in total. The molecule has 0 radical (unpaired) electrons. The monoisotopic (exact) mass is 290 g/mol. The number of aliphatic hydroxyl groups is 1. The van der Waals surface area contributed by atoms with E-state index in [0.29, 0.717) is 5.56 Å². The van der Waals surface area contributed by atoms with Crippen molar-refractivity contribution in [3.05, 3.63) is 21.9 Å². The van der Waals surface area contributed by atoms with E-state index >= 15 is 0 Å². The van der Waals surface area contributed by atoms with Crippen LogP contribution in [-0.4, -0.2) is 47.7 Å². The third-order valence-corrected chi connectivity index (χ3v) is 4.62. The van der Waals surface area contributed by atoms with Gasteiger partial charge in [-0.15, -0.1) is 11.3 Å². The number of amides is 1. The van der Waals surface area contributed by atoms with E-state index in [1.807, 2.05) is 5.38 Å². The summed E-state index contributed by atoms with van der Waals surface area (Å²) in [4.78, 5) is 15.5. The molecule has 1 atom stereocenters. The summed E-state index contributed by atoms with van der Waals surface area (Å²) in [7, 11) is 0. The van der Waals surface area contributed by atoms with E-state index in [9.17, 15) is 4.79 Å². The van der Waals surface area contributed by atoms with E-state index in [2.05, 4.69) is 22.1 Å². The van der Waals surface area contributed by atoms with Crippen LogP contribution in [0.5, 0.6) is 0 Å². The van der Waals surface area contributed by atoms with Gasteiger partial charge in [-0.2, -0.15) is 0 Å². The second kappa shape index (κ2) is 5.96. The Balaban J connectivity index is 1.55. The van der Waals surface area contributed by atoms with Crippen LogP contribution >= 0.6 is 11.3 Å². The van der Waals surface area contributed by atoms with Gasteiger partial charge in [0.2, 0.25) is 0 Å². The predicted octanol–water partition coefficient (Wildman–Crippen LogP) is 1.06. The number of rotatable bonds is 3. The van der Waals surface area contributed by atoms with Crippen LogP contribution in [0.25, 0.3) is 0 Å². The number of hydrogen-bond acceptors (Lipinski definition) is 4. The Hall–Kier alpha value is -1.35. The van der Waals surface area contributed by atoms with E-state index in [4.69, 9.17) is 5.11 Å². The van der Waals surface area contributed by atoms with Crippen LogP contribution in [0.2, 0.25) is 0 Å². The number of nitrogens with zero attached hydrogens (tertiary/aromatic N) is 1. The summed E-state index contributed by atoms with van der Waals surface area (Å²) in [6.07, 6.45) is 3.68. The SMILES string of the molecule is O=C(NC1CCN(C2CC2)C1)c1csc(C#CCO)c1. The lowest BCUT2D eigenvalue weighted by Gasteiger charge is -2.15. The predicted molar refractivity (Wildman–Crippen MR) is 78.7 cm³/mol. The average Bonchev–Trinajstić information content (AvgIpc) is 3.01. The van der Waals surface area contributed by atoms with Crippen LogP contribution in [0, 0.1) is 11.8 Å². The Labute approximate surface area is 122 Å². The van der Waals surface area contributed by atoms with E-state index in [1.54, 1.807) is 6.07 Å². The highest BCUT2D eigenvalue weighted by atomic mass is 32.1. The molecule has 1 aliphatic carbocycles. The summed E-state index contributed by atoms with van der Waals surface area (Å²) in [5.74, 6) is 5.40. The largest absolute Gasteiger partial charge is 0.384 e. The maximum atomic E-state index is 12.2. The van der Waals surface area contributed by atoms with Gasteiger partial charge in [0.25, 0.3) is 5.91 Å². The zero-order valence-electron chi connectivity index (χ0n) is 11.3. The molecule has 20 heavy (non-hydrogen) atoms. The zero-order valence-corrected chi connectivity index (χ0v) is 12.1. The Morgan fingerprint density at radius 1 is 1.50 bits per heavy atom. The molecule has 1 saturated heterocycles. The van der Waals surface area contributed by atoms with Crippen molar-refractivity contribution in [2.45, 2.75) is 31.3 Å². The average molecular weight is 290 g/mol. The first-order chi connectivity index (χ1) is 9.76. The van der Waals surface area contributed by atoms with E-state index < -0.39 is 0 Å². The van der Waals surface area contributed by atoms with Gasteiger partial charge in [0.1, 0.15) is 6.61 Å². The molecular formula is C15H18N2O2S. The molecule has 0 bridgehead atoms. The quantitative estimate of drug-likeness (QED) is 0.819. The topological polar surface area (TPSA) is 52.6 Å². The summed E-state index contributed by atoms with van der Waals surface area (Å²) < 4.78 is 0. The van der Waals surface area contributed by atoms with Crippen molar-refractivity contribution in [3.63, 3.8) is 0 Å². The van der Waals surface area contributed by atoms with Crippen LogP contribution in [0.1, 0.15) is 34.5 Å². The third-order valence-electron chi connectivity index (χ3n) is 3.77. The van der Waals surface area contributed by atoms with Crippen molar-refractivity contribution < 1.29 is 9.90 Å². The Kier molecular flexibility index (Phi) is 4.06. The first-order valence-corrected chi connectivity index (χ1v) is 7.87. The number of hydrogen-bond donors (Lipinski definition) is 2. The van der Waals surface area contributed by atoms with Crippen LogP contribution in [0.4, 0.5) is 0 Å². The smallest absolute Gasteiger partial charge is 0.252 e. The maximum absolute atomic E-state index is 12.2. The van der Waals surface area contributed by atoms with Gasteiger partial charge in [-0.25, -0.2) is 0 Å². The summed E-state index contributed by atoms with van der Waals surface area (Å²) in [6, 6.07) is 2.84. The van der Waals surface area contributed by atoms with E-state index in [1.165, 1.54) is 24.2 Å². The Morgan fingerprint density at radius 2 is 2.35 bits per heavy atom. The molecule has 1 aromatic heterocycles. The molecular weight excluding hydrogens is 272 g/mol. The summed E-state index contributed by atoms with van der Waals surface area (Å²) >= 11 is 1.44. The van der Waals surface area contributed by atoms with Crippen molar-refractivity contribution >= 4 is 17.2 Å².